The summed E-state index contributed by atoms with van der Waals surface area (Å²) in [6.07, 6.45) is 1.49. The van der Waals surface area contributed by atoms with Gasteiger partial charge in [-0.15, -0.1) is 12.1 Å². The molecule has 0 atom stereocenters. The maximum absolute atomic E-state index is 13.4. The van der Waals surface area contributed by atoms with Gasteiger partial charge in [0.05, 0.1) is 14.0 Å². The van der Waals surface area contributed by atoms with Crippen LogP contribution in [0.1, 0.15) is 6.92 Å². The van der Waals surface area contributed by atoms with Crippen LogP contribution in [0.15, 0.2) is 30.5 Å². The summed E-state index contributed by atoms with van der Waals surface area (Å²) in [5.41, 5.74) is 0.483. The SMILES string of the molecule is CC(O)=[OH+].COc1ccnc(-c2[c-]cc(F)cc2F)c1.[Ir]. The van der Waals surface area contributed by atoms with Crippen molar-refractivity contribution in [2.24, 2.45) is 0 Å². The quantitative estimate of drug-likeness (QED) is 0.539. The molecule has 0 aliphatic carbocycles. The minimum atomic E-state index is -0.694. The zero-order valence-corrected chi connectivity index (χ0v) is 13.6. The molecule has 0 aliphatic rings. The fraction of sp³-hybridized carbons (Fsp3) is 0.143. The Morgan fingerprint density at radius 1 is 1.38 bits per heavy atom. The Morgan fingerprint density at radius 3 is 2.52 bits per heavy atom. The molecule has 7 heteroatoms. The summed E-state index contributed by atoms with van der Waals surface area (Å²) in [6.45, 7) is 1.19. The minimum absolute atomic E-state index is 0. The number of benzene rings is 1. The first-order valence-corrected chi connectivity index (χ1v) is 5.52. The molecule has 0 amide bonds. The molecule has 2 aromatic rings. The number of rotatable bonds is 2. The van der Waals surface area contributed by atoms with E-state index < -0.39 is 17.6 Å². The third-order valence-corrected chi connectivity index (χ3v) is 2.08. The van der Waals surface area contributed by atoms with E-state index in [2.05, 4.69) is 11.1 Å². The smallest absolute Gasteiger partial charge is 0.477 e. The van der Waals surface area contributed by atoms with Gasteiger partial charge in [0.15, 0.2) is 0 Å². The first-order valence-electron chi connectivity index (χ1n) is 5.52. The summed E-state index contributed by atoms with van der Waals surface area (Å²) in [6, 6.07) is 7.58. The zero-order valence-electron chi connectivity index (χ0n) is 11.2. The topological polar surface area (TPSA) is 63.8 Å². The van der Waals surface area contributed by atoms with Crippen molar-refractivity contribution in [3.8, 4) is 17.0 Å². The molecular formula is C14H13F2IrNO3. The maximum Gasteiger partial charge on any atom is 0.477 e. The van der Waals surface area contributed by atoms with Crippen LogP contribution in [0.25, 0.3) is 11.3 Å². The Balaban J connectivity index is 0.000000715. The number of aliphatic hydroxyl groups excluding tert-OH is 1. The number of methoxy groups -OCH3 is 1. The Bertz CT molecular complexity index is 605. The molecule has 0 fully saturated rings. The summed E-state index contributed by atoms with van der Waals surface area (Å²) in [4.78, 5) is 11.5. The maximum atomic E-state index is 13.4. The van der Waals surface area contributed by atoms with Crippen molar-refractivity contribution in [2.75, 3.05) is 7.11 Å². The van der Waals surface area contributed by atoms with Gasteiger partial charge in [-0.05, 0) is 17.8 Å². The molecule has 1 aromatic heterocycles. The number of hydrogen-bond acceptors (Lipinski definition) is 2. The molecule has 0 unspecified atom stereocenters. The van der Waals surface area contributed by atoms with Crippen LogP contribution in [0, 0.1) is 17.7 Å². The van der Waals surface area contributed by atoms with Gasteiger partial charge in [0.2, 0.25) is 0 Å². The van der Waals surface area contributed by atoms with Crippen molar-refractivity contribution in [3.63, 3.8) is 0 Å². The number of ether oxygens (including phenoxy) is 1. The molecular weight excluding hydrogens is 460 g/mol. The molecule has 0 bridgehead atoms. The van der Waals surface area contributed by atoms with Gasteiger partial charge in [0.25, 0.3) is 0 Å². The first kappa shape index (κ1) is 19.1. The zero-order chi connectivity index (χ0) is 15.1. The second-order valence-electron chi connectivity index (χ2n) is 3.67. The van der Waals surface area contributed by atoms with Crippen molar-refractivity contribution in [1.29, 1.82) is 0 Å². The fourth-order valence-corrected chi connectivity index (χ4v) is 1.32. The molecule has 0 aliphatic heterocycles. The Morgan fingerprint density at radius 2 is 2.00 bits per heavy atom. The monoisotopic (exact) mass is 474 g/mol. The third-order valence-electron chi connectivity index (χ3n) is 2.08. The van der Waals surface area contributed by atoms with Crippen LogP contribution in [-0.2, 0) is 20.1 Å². The number of pyridine rings is 1. The number of carboxylic acid groups (broad SMARTS) is 1. The van der Waals surface area contributed by atoms with Crippen LogP contribution in [0.5, 0.6) is 5.75 Å². The van der Waals surface area contributed by atoms with Crippen molar-refractivity contribution in [2.45, 2.75) is 6.92 Å². The van der Waals surface area contributed by atoms with Crippen LogP contribution in [0.2, 0.25) is 0 Å². The van der Waals surface area contributed by atoms with Gasteiger partial charge in [0.1, 0.15) is 5.75 Å². The second kappa shape index (κ2) is 9.15. The molecule has 2 rings (SSSR count). The van der Waals surface area contributed by atoms with E-state index in [1.165, 1.54) is 20.2 Å². The van der Waals surface area contributed by atoms with Crippen molar-refractivity contribution in [3.05, 3.63) is 48.2 Å². The molecule has 0 saturated carbocycles. The van der Waals surface area contributed by atoms with E-state index in [1.54, 1.807) is 12.1 Å². The Labute approximate surface area is 134 Å². The number of aliphatic carboxylic acids is 1. The molecule has 21 heavy (non-hydrogen) atoms. The van der Waals surface area contributed by atoms with Crippen molar-refractivity contribution >= 4 is 5.97 Å². The second-order valence-corrected chi connectivity index (χ2v) is 3.67. The summed E-state index contributed by atoms with van der Waals surface area (Å²) in [5.74, 6) is -1.38. The molecule has 1 heterocycles. The minimum Gasteiger partial charge on any atom is -0.497 e. The Kier molecular flexibility index (Phi) is 8.35. The van der Waals surface area contributed by atoms with E-state index in [-0.39, 0.29) is 25.7 Å². The van der Waals surface area contributed by atoms with Gasteiger partial charge in [-0.2, -0.15) is 0 Å². The first-order chi connectivity index (χ1) is 9.43. The average Bonchev–Trinajstić information content (AvgIpc) is 2.38. The van der Waals surface area contributed by atoms with Gasteiger partial charge in [-0.1, -0.05) is 11.6 Å². The molecule has 0 saturated heterocycles. The standard InChI is InChI=1S/C12H8F2NO.C2H4O2.Ir/c1-16-9-4-5-15-12(7-9)10-3-2-8(13)6-11(10)14;1-2(3)4;/h2,4-7H,1H3;1H3,(H,3,4);/q-1;;/p+1. The number of carboxylic acids is 1. The van der Waals surface area contributed by atoms with Crippen molar-refractivity contribution < 1.29 is 43.5 Å². The molecule has 2 N–H and O–H groups in total. The van der Waals surface area contributed by atoms with Gasteiger partial charge in [-0.3, -0.25) is 8.78 Å². The number of nitrogens with zero attached hydrogens (tertiary/aromatic N) is 1. The van der Waals surface area contributed by atoms with Gasteiger partial charge < -0.3 is 19.6 Å². The van der Waals surface area contributed by atoms with Gasteiger partial charge in [-0.25, -0.2) is 0 Å². The van der Waals surface area contributed by atoms with E-state index in [0.717, 1.165) is 12.1 Å². The van der Waals surface area contributed by atoms with Crippen molar-refractivity contribution in [1.82, 2.24) is 4.98 Å². The van der Waals surface area contributed by atoms with Crippen LogP contribution in [0.4, 0.5) is 8.78 Å². The summed E-state index contributed by atoms with van der Waals surface area (Å²) >= 11 is 0. The predicted octanol–water partition coefficient (Wildman–Crippen LogP) is 2.90. The fourth-order valence-electron chi connectivity index (χ4n) is 1.32. The van der Waals surface area contributed by atoms with Crippen LogP contribution < -0.4 is 4.74 Å². The third kappa shape index (κ3) is 6.42. The number of halogens is 2. The molecule has 1 radical (unpaired) electrons. The summed E-state index contributed by atoms with van der Waals surface area (Å²) in [5, 5.41) is 7.53. The van der Waals surface area contributed by atoms with Gasteiger partial charge in [0, 0.05) is 37.9 Å². The normalized spacial score (nSPS) is 8.95. The van der Waals surface area contributed by atoms with E-state index in [0.29, 0.717) is 11.4 Å². The summed E-state index contributed by atoms with van der Waals surface area (Å²) < 4.78 is 31.1. The van der Waals surface area contributed by atoms with E-state index in [4.69, 9.17) is 14.6 Å². The van der Waals surface area contributed by atoms with Gasteiger partial charge >= 0.3 is 5.97 Å². The molecule has 1 aromatic carbocycles. The Hall–Kier alpha value is -1.85. The van der Waals surface area contributed by atoms with Crippen LogP contribution in [-0.4, -0.2) is 28.0 Å². The average molecular weight is 473 g/mol. The van der Waals surface area contributed by atoms with Crippen LogP contribution >= 0.6 is 0 Å². The number of hydrogen-bond donors (Lipinski definition) is 1. The summed E-state index contributed by atoms with van der Waals surface area (Å²) in [7, 11) is 1.50. The largest absolute Gasteiger partial charge is 0.497 e. The molecule has 0 spiro atoms. The number of aromatic nitrogens is 1. The van der Waals surface area contributed by atoms with E-state index in [9.17, 15) is 8.78 Å². The molecule has 115 valence electrons. The van der Waals surface area contributed by atoms with Crippen LogP contribution in [0.3, 0.4) is 0 Å². The predicted molar refractivity (Wildman–Crippen MR) is 70.2 cm³/mol. The molecule has 4 nitrogen and oxygen atoms in total. The van der Waals surface area contributed by atoms with E-state index in [1.807, 2.05) is 0 Å². The van der Waals surface area contributed by atoms with E-state index >= 15 is 0 Å².